The molecule has 2 rings (SSSR count). The molecule has 0 aromatic heterocycles. The van der Waals surface area contributed by atoms with Crippen LogP contribution in [0.25, 0.3) is 0 Å². The maximum atomic E-state index is 14.2. The van der Waals surface area contributed by atoms with Crippen LogP contribution in [0.5, 0.6) is 5.75 Å². The molecule has 1 atom stereocenters. The van der Waals surface area contributed by atoms with E-state index in [1.165, 1.54) is 6.07 Å². The quantitative estimate of drug-likeness (QED) is 0.848. The number of hydrogen-bond acceptors (Lipinski definition) is 2. The third kappa shape index (κ3) is 3.49. The van der Waals surface area contributed by atoms with Crippen LogP contribution in [0.4, 0.5) is 4.39 Å². The summed E-state index contributed by atoms with van der Waals surface area (Å²) >= 11 is 12.5. The molecule has 1 unspecified atom stereocenters. The minimum absolute atomic E-state index is 0.361. The minimum atomic E-state index is -0.415. The number of ether oxygens (including phenoxy) is 1. The number of hydrogen-bond donors (Lipinski definition) is 1. The third-order valence-electron chi connectivity index (χ3n) is 3.22. The van der Waals surface area contributed by atoms with Crippen LogP contribution in [0.15, 0.2) is 36.4 Å². The average molecular weight is 328 g/mol. The molecule has 21 heavy (non-hydrogen) atoms. The summed E-state index contributed by atoms with van der Waals surface area (Å²) in [4.78, 5) is 0. The Hall–Kier alpha value is -1.29. The molecule has 0 aliphatic rings. The van der Waals surface area contributed by atoms with E-state index in [1.54, 1.807) is 31.4 Å². The first-order valence-corrected chi connectivity index (χ1v) is 7.34. The lowest BCUT2D eigenvalue weighted by Crippen LogP contribution is -2.23. The highest BCUT2D eigenvalue weighted by Crippen LogP contribution is 2.35. The molecule has 2 aromatic carbocycles. The zero-order valence-electron chi connectivity index (χ0n) is 11.8. The molecule has 2 nitrogen and oxygen atoms in total. The SMILES string of the molecule is CCNC(c1ccc(OC)cc1Cl)c1c(F)cccc1Cl. The van der Waals surface area contributed by atoms with Gasteiger partial charge in [-0.2, -0.15) is 0 Å². The highest BCUT2D eigenvalue weighted by molar-refractivity contribution is 6.32. The Bertz CT molecular complexity index is 613. The summed E-state index contributed by atoms with van der Waals surface area (Å²) in [5.41, 5.74) is 1.15. The molecule has 0 saturated heterocycles. The van der Waals surface area contributed by atoms with Gasteiger partial charge in [0.25, 0.3) is 0 Å². The predicted molar refractivity (Wildman–Crippen MR) is 84.9 cm³/mol. The van der Waals surface area contributed by atoms with Crippen LogP contribution in [-0.2, 0) is 0 Å². The second-order valence-corrected chi connectivity index (χ2v) is 5.33. The summed E-state index contributed by atoms with van der Waals surface area (Å²) < 4.78 is 19.3. The van der Waals surface area contributed by atoms with E-state index < -0.39 is 6.04 Å². The van der Waals surface area contributed by atoms with Gasteiger partial charge in [-0.15, -0.1) is 0 Å². The van der Waals surface area contributed by atoms with E-state index in [0.29, 0.717) is 27.9 Å². The van der Waals surface area contributed by atoms with E-state index in [4.69, 9.17) is 27.9 Å². The number of methoxy groups -OCH3 is 1. The summed E-state index contributed by atoms with van der Waals surface area (Å²) in [6.07, 6.45) is 0. The largest absolute Gasteiger partial charge is 0.497 e. The number of halogens is 3. The lowest BCUT2D eigenvalue weighted by atomic mass is 9.97. The van der Waals surface area contributed by atoms with Gasteiger partial charge in [0, 0.05) is 15.6 Å². The first kappa shape index (κ1) is 16.1. The molecule has 0 spiro atoms. The van der Waals surface area contributed by atoms with E-state index in [2.05, 4.69) is 5.32 Å². The molecular formula is C16H16Cl2FNO. The Balaban J connectivity index is 2.53. The van der Waals surface area contributed by atoms with Gasteiger partial charge in [-0.25, -0.2) is 4.39 Å². The summed E-state index contributed by atoms with van der Waals surface area (Å²) in [6, 6.07) is 9.54. The van der Waals surface area contributed by atoms with E-state index >= 15 is 0 Å². The Labute approximate surface area is 133 Å². The van der Waals surface area contributed by atoms with Gasteiger partial charge < -0.3 is 10.1 Å². The normalized spacial score (nSPS) is 12.2. The van der Waals surface area contributed by atoms with Crippen molar-refractivity contribution in [2.24, 2.45) is 0 Å². The molecule has 2 aromatic rings. The Morgan fingerprint density at radius 3 is 2.52 bits per heavy atom. The molecule has 0 radical (unpaired) electrons. The molecule has 0 fully saturated rings. The molecule has 0 aliphatic carbocycles. The second kappa shape index (κ2) is 7.12. The van der Waals surface area contributed by atoms with Crippen LogP contribution in [0.3, 0.4) is 0 Å². The monoisotopic (exact) mass is 327 g/mol. The maximum absolute atomic E-state index is 14.2. The predicted octanol–water partition coefficient (Wildman–Crippen LogP) is 4.84. The summed E-state index contributed by atoms with van der Waals surface area (Å²) in [6.45, 7) is 2.59. The molecule has 0 heterocycles. The van der Waals surface area contributed by atoms with Crippen molar-refractivity contribution in [3.63, 3.8) is 0 Å². The fraction of sp³-hybridized carbons (Fsp3) is 0.250. The van der Waals surface area contributed by atoms with Crippen LogP contribution in [0, 0.1) is 5.82 Å². The fourth-order valence-corrected chi connectivity index (χ4v) is 2.78. The number of nitrogens with one attached hydrogen (secondary N) is 1. The van der Waals surface area contributed by atoms with Crippen molar-refractivity contribution in [2.75, 3.05) is 13.7 Å². The highest BCUT2D eigenvalue weighted by Gasteiger charge is 2.22. The van der Waals surface area contributed by atoms with Crippen LogP contribution < -0.4 is 10.1 Å². The molecule has 5 heteroatoms. The van der Waals surface area contributed by atoms with Crippen molar-refractivity contribution >= 4 is 23.2 Å². The van der Waals surface area contributed by atoms with Crippen molar-refractivity contribution in [2.45, 2.75) is 13.0 Å². The molecule has 0 amide bonds. The van der Waals surface area contributed by atoms with E-state index in [0.717, 1.165) is 5.56 Å². The van der Waals surface area contributed by atoms with Crippen LogP contribution in [0.2, 0.25) is 10.0 Å². The van der Waals surface area contributed by atoms with Gasteiger partial charge in [0.15, 0.2) is 0 Å². The molecule has 0 aliphatic heterocycles. The van der Waals surface area contributed by atoms with Gasteiger partial charge in [0.05, 0.1) is 13.2 Å². The lowest BCUT2D eigenvalue weighted by molar-refractivity contribution is 0.414. The summed E-state index contributed by atoms with van der Waals surface area (Å²) in [7, 11) is 1.57. The van der Waals surface area contributed by atoms with Crippen molar-refractivity contribution < 1.29 is 9.13 Å². The Kier molecular flexibility index (Phi) is 5.45. The zero-order valence-corrected chi connectivity index (χ0v) is 13.3. The van der Waals surface area contributed by atoms with Crippen LogP contribution in [0.1, 0.15) is 24.1 Å². The molecule has 0 saturated carbocycles. The minimum Gasteiger partial charge on any atom is -0.497 e. The van der Waals surface area contributed by atoms with Crippen molar-refractivity contribution in [3.05, 3.63) is 63.4 Å². The first-order chi connectivity index (χ1) is 10.1. The van der Waals surface area contributed by atoms with Crippen molar-refractivity contribution in [3.8, 4) is 5.75 Å². The van der Waals surface area contributed by atoms with Gasteiger partial charge >= 0.3 is 0 Å². The van der Waals surface area contributed by atoms with E-state index in [9.17, 15) is 4.39 Å². The topological polar surface area (TPSA) is 21.3 Å². The number of benzene rings is 2. The standard InChI is InChI=1S/C16H16Cl2FNO/c1-3-20-16(15-12(17)5-4-6-14(15)19)11-8-7-10(21-2)9-13(11)18/h4-9,16,20H,3H2,1-2H3. The van der Waals surface area contributed by atoms with Gasteiger partial charge in [-0.3, -0.25) is 0 Å². The molecule has 1 N–H and O–H groups in total. The average Bonchev–Trinajstić information content (AvgIpc) is 2.46. The number of rotatable bonds is 5. The van der Waals surface area contributed by atoms with Crippen LogP contribution in [-0.4, -0.2) is 13.7 Å². The van der Waals surface area contributed by atoms with Crippen molar-refractivity contribution in [1.29, 1.82) is 0 Å². The summed E-state index contributed by atoms with van der Waals surface area (Å²) in [5, 5.41) is 4.09. The zero-order chi connectivity index (χ0) is 15.4. The van der Waals surface area contributed by atoms with Gasteiger partial charge in [0.1, 0.15) is 11.6 Å². The molecular weight excluding hydrogens is 312 g/mol. The summed E-state index contributed by atoms with van der Waals surface area (Å²) in [5.74, 6) is 0.291. The Morgan fingerprint density at radius 2 is 1.95 bits per heavy atom. The fourth-order valence-electron chi connectivity index (χ4n) is 2.23. The lowest BCUT2D eigenvalue weighted by Gasteiger charge is -2.22. The Morgan fingerprint density at radius 1 is 1.19 bits per heavy atom. The van der Waals surface area contributed by atoms with E-state index in [1.807, 2.05) is 13.0 Å². The van der Waals surface area contributed by atoms with Gasteiger partial charge in [-0.1, -0.05) is 42.3 Å². The third-order valence-corrected chi connectivity index (χ3v) is 3.87. The smallest absolute Gasteiger partial charge is 0.129 e. The highest BCUT2D eigenvalue weighted by atomic mass is 35.5. The molecule has 0 bridgehead atoms. The van der Waals surface area contributed by atoms with Crippen LogP contribution >= 0.6 is 23.2 Å². The van der Waals surface area contributed by atoms with E-state index in [-0.39, 0.29) is 5.82 Å². The first-order valence-electron chi connectivity index (χ1n) is 6.59. The molecule has 112 valence electrons. The van der Waals surface area contributed by atoms with Crippen molar-refractivity contribution in [1.82, 2.24) is 5.32 Å². The maximum Gasteiger partial charge on any atom is 0.129 e. The second-order valence-electron chi connectivity index (χ2n) is 4.51. The van der Waals surface area contributed by atoms with Gasteiger partial charge in [-0.05, 0) is 36.4 Å². The van der Waals surface area contributed by atoms with Gasteiger partial charge in [0.2, 0.25) is 0 Å².